The molecule has 2 aliphatic rings. The largest absolute Gasteiger partial charge is 0.465 e. The minimum Gasteiger partial charge on any atom is -0.465 e. The molecule has 208 valence electrons. The molecule has 0 amide bonds. The fourth-order valence-electron chi connectivity index (χ4n) is 5.60. The van der Waals surface area contributed by atoms with Gasteiger partial charge in [0, 0.05) is 13.1 Å². The van der Waals surface area contributed by atoms with Gasteiger partial charge in [0.1, 0.15) is 0 Å². The number of methoxy groups -OCH3 is 1. The van der Waals surface area contributed by atoms with E-state index in [1.165, 1.54) is 58.7 Å². The summed E-state index contributed by atoms with van der Waals surface area (Å²) in [4.78, 5) is 17.0. The van der Waals surface area contributed by atoms with Crippen LogP contribution in [-0.4, -0.2) is 59.6 Å². The maximum absolute atomic E-state index is 13.4. The number of nitrogens with zero attached hydrogens (tertiary/aromatic N) is 2. The number of rotatable bonds is 10. The number of anilines is 2. The van der Waals surface area contributed by atoms with Crippen molar-refractivity contribution in [2.75, 3.05) is 50.0 Å². The molecule has 0 bridgehead atoms. The van der Waals surface area contributed by atoms with E-state index in [9.17, 15) is 13.2 Å². The highest BCUT2D eigenvalue weighted by Gasteiger charge is 2.22. The predicted octanol–water partition coefficient (Wildman–Crippen LogP) is 5.71. The number of esters is 1. The molecule has 1 N–H and O–H groups in total. The first-order valence-corrected chi connectivity index (χ1v) is 15.6. The maximum Gasteiger partial charge on any atom is 0.337 e. The van der Waals surface area contributed by atoms with Crippen LogP contribution < -0.4 is 9.62 Å². The lowest BCUT2D eigenvalue weighted by molar-refractivity contribution is 0.0601. The van der Waals surface area contributed by atoms with Gasteiger partial charge >= 0.3 is 5.97 Å². The Kier molecular flexibility index (Phi) is 10.1. The normalized spacial score (nSPS) is 17.7. The molecule has 0 atom stereocenters. The van der Waals surface area contributed by atoms with Gasteiger partial charge in [0.15, 0.2) is 0 Å². The molecular formula is C30H43N3O4S. The first kappa shape index (κ1) is 28.4. The van der Waals surface area contributed by atoms with Crippen LogP contribution in [0.2, 0.25) is 0 Å². The van der Waals surface area contributed by atoms with Gasteiger partial charge in [-0.3, -0.25) is 4.72 Å². The predicted molar refractivity (Wildman–Crippen MR) is 153 cm³/mol. The lowest BCUT2D eigenvalue weighted by Gasteiger charge is -2.28. The van der Waals surface area contributed by atoms with Crippen molar-refractivity contribution in [3.63, 3.8) is 0 Å². The Morgan fingerprint density at radius 3 is 2.29 bits per heavy atom. The summed E-state index contributed by atoms with van der Waals surface area (Å²) in [6.07, 6.45) is 11.6. The molecule has 2 aromatic carbocycles. The smallest absolute Gasteiger partial charge is 0.337 e. The van der Waals surface area contributed by atoms with E-state index in [2.05, 4.69) is 21.6 Å². The molecule has 8 heteroatoms. The van der Waals surface area contributed by atoms with Crippen LogP contribution in [0.15, 0.2) is 47.4 Å². The van der Waals surface area contributed by atoms with Gasteiger partial charge in [-0.15, -0.1) is 0 Å². The molecule has 0 saturated carbocycles. The van der Waals surface area contributed by atoms with Crippen molar-refractivity contribution < 1.29 is 17.9 Å². The van der Waals surface area contributed by atoms with Crippen LogP contribution in [-0.2, 0) is 21.2 Å². The summed E-state index contributed by atoms with van der Waals surface area (Å²) >= 11 is 0. The van der Waals surface area contributed by atoms with Crippen molar-refractivity contribution >= 4 is 27.4 Å². The van der Waals surface area contributed by atoms with Gasteiger partial charge in [0.05, 0.1) is 28.9 Å². The second-order valence-corrected chi connectivity index (χ2v) is 12.5. The molecule has 0 aliphatic carbocycles. The minimum absolute atomic E-state index is 0.220. The summed E-state index contributed by atoms with van der Waals surface area (Å²) in [5.74, 6) is 0.356. The van der Waals surface area contributed by atoms with Crippen molar-refractivity contribution in [3.05, 3.63) is 53.6 Å². The summed E-state index contributed by atoms with van der Waals surface area (Å²) in [7, 11) is -0.304. The zero-order valence-electron chi connectivity index (χ0n) is 23.0. The number of sulfonamides is 1. The Morgan fingerprint density at radius 2 is 1.63 bits per heavy atom. The number of carbonyl (C=O) groups excluding carboxylic acids is 1. The summed E-state index contributed by atoms with van der Waals surface area (Å²) in [6, 6.07) is 12.3. The quantitative estimate of drug-likeness (QED) is 0.307. The van der Waals surface area contributed by atoms with E-state index in [1.54, 1.807) is 24.3 Å². The number of benzene rings is 2. The third-order valence-electron chi connectivity index (χ3n) is 8.01. The van der Waals surface area contributed by atoms with E-state index in [1.807, 2.05) is 18.2 Å². The van der Waals surface area contributed by atoms with Crippen LogP contribution in [0.1, 0.15) is 73.7 Å². The highest BCUT2D eigenvalue weighted by Crippen LogP contribution is 2.32. The molecule has 2 saturated heterocycles. The zero-order chi connectivity index (χ0) is 27.0. The second kappa shape index (κ2) is 13.5. The van der Waals surface area contributed by atoms with Crippen molar-refractivity contribution in [3.8, 4) is 0 Å². The van der Waals surface area contributed by atoms with Crippen LogP contribution in [0, 0.1) is 5.92 Å². The van der Waals surface area contributed by atoms with Gasteiger partial charge in [-0.25, -0.2) is 13.2 Å². The number of ether oxygens (including phenoxy) is 1. The topological polar surface area (TPSA) is 79.0 Å². The van der Waals surface area contributed by atoms with Gasteiger partial charge in [-0.2, -0.15) is 0 Å². The van der Waals surface area contributed by atoms with Crippen molar-refractivity contribution in [2.24, 2.45) is 5.92 Å². The van der Waals surface area contributed by atoms with Gasteiger partial charge in [-0.1, -0.05) is 37.8 Å². The van der Waals surface area contributed by atoms with Crippen molar-refractivity contribution in [2.45, 2.75) is 69.1 Å². The SMILES string of the molecule is COC(=O)c1ccc(N2CCCCCC2)c(NS(=O)(=O)c2ccc(CCCCC3CCN(C)CC3)cc2)c1. The van der Waals surface area contributed by atoms with Gasteiger partial charge < -0.3 is 14.5 Å². The summed E-state index contributed by atoms with van der Waals surface area (Å²) in [6.45, 7) is 4.14. The summed E-state index contributed by atoms with van der Waals surface area (Å²) in [5, 5.41) is 0. The van der Waals surface area contributed by atoms with Crippen LogP contribution in [0.3, 0.4) is 0 Å². The first-order valence-electron chi connectivity index (χ1n) is 14.1. The van der Waals surface area contributed by atoms with Crippen LogP contribution >= 0.6 is 0 Å². The van der Waals surface area contributed by atoms with Crippen LogP contribution in [0.4, 0.5) is 11.4 Å². The van der Waals surface area contributed by atoms with E-state index in [0.29, 0.717) is 11.3 Å². The molecule has 0 aromatic heterocycles. The fourth-order valence-corrected chi connectivity index (χ4v) is 6.67. The minimum atomic E-state index is -3.83. The maximum atomic E-state index is 13.4. The summed E-state index contributed by atoms with van der Waals surface area (Å²) < 4.78 is 34.4. The second-order valence-electron chi connectivity index (χ2n) is 10.9. The van der Waals surface area contributed by atoms with Crippen molar-refractivity contribution in [1.29, 1.82) is 0 Å². The average molecular weight is 542 g/mol. The Hall–Kier alpha value is -2.58. The molecule has 0 spiro atoms. The molecule has 2 aliphatic heterocycles. The van der Waals surface area contributed by atoms with Gasteiger partial charge in [-0.05, 0) is 100 Å². The van der Waals surface area contributed by atoms with E-state index >= 15 is 0 Å². The molecule has 0 radical (unpaired) electrons. The molecule has 7 nitrogen and oxygen atoms in total. The van der Waals surface area contributed by atoms with Crippen LogP contribution in [0.5, 0.6) is 0 Å². The Balaban J connectivity index is 1.41. The van der Waals surface area contributed by atoms with E-state index in [4.69, 9.17) is 4.74 Å². The number of aryl methyl sites for hydroxylation is 1. The molecule has 0 unspecified atom stereocenters. The molecule has 4 rings (SSSR count). The van der Waals surface area contributed by atoms with Gasteiger partial charge in [0.25, 0.3) is 10.0 Å². The number of likely N-dealkylation sites (tertiary alicyclic amines) is 1. The fraction of sp³-hybridized carbons (Fsp3) is 0.567. The van der Waals surface area contributed by atoms with Crippen LogP contribution in [0.25, 0.3) is 0 Å². The lowest BCUT2D eigenvalue weighted by Crippen LogP contribution is -2.30. The number of piperidine rings is 1. The van der Waals surface area contributed by atoms with Gasteiger partial charge in [0.2, 0.25) is 0 Å². The zero-order valence-corrected chi connectivity index (χ0v) is 23.8. The first-order chi connectivity index (χ1) is 18.4. The van der Waals surface area contributed by atoms with Crippen molar-refractivity contribution in [1.82, 2.24) is 4.90 Å². The third-order valence-corrected chi connectivity index (χ3v) is 9.39. The average Bonchev–Trinajstić information content (AvgIpc) is 3.21. The number of hydrogen-bond donors (Lipinski definition) is 1. The monoisotopic (exact) mass is 541 g/mol. The highest BCUT2D eigenvalue weighted by molar-refractivity contribution is 7.92. The Morgan fingerprint density at radius 1 is 0.947 bits per heavy atom. The lowest BCUT2D eigenvalue weighted by atomic mass is 9.91. The molecule has 2 aromatic rings. The number of nitrogens with one attached hydrogen (secondary N) is 1. The molecule has 2 fully saturated rings. The molecule has 38 heavy (non-hydrogen) atoms. The number of hydrogen-bond acceptors (Lipinski definition) is 6. The Bertz CT molecular complexity index is 1150. The molecule has 2 heterocycles. The Labute approximate surface area is 228 Å². The van der Waals surface area contributed by atoms with E-state index in [0.717, 1.165) is 55.9 Å². The summed E-state index contributed by atoms with van der Waals surface area (Å²) in [5.41, 5.74) is 2.68. The standard InChI is InChI=1S/C30H43N3O4S/c1-32-21-17-25(18-22-32)10-6-5-9-24-11-14-27(15-12-24)38(35,36)31-28-23-26(30(34)37-2)13-16-29(28)33-19-7-3-4-8-20-33/h11-16,23,25,31H,3-10,17-22H2,1-2H3. The number of carbonyl (C=O) groups is 1. The number of unbranched alkanes of at least 4 members (excludes halogenated alkanes) is 1. The third kappa shape index (κ3) is 7.73. The highest BCUT2D eigenvalue weighted by atomic mass is 32.2. The van der Waals surface area contributed by atoms with E-state index in [-0.39, 0.29) is 4.90 Å². The van der Waals surface area contributed by atoms with E-state index < -0.39 is 16.0 Å². The molecular weight excluding hydrogens is 498 g/mol.